The third-order valence-electron chi connectivity index (χ3n) is 4.29. The van der Waals surface area contributed by atoms with E-state index in [0.29, 0.717) is 32.5 Å². The molecule has 9 heteroatoms. The van der Waals surface area contributed by atoms with E-state index in [0.717, 1.165) is 5.69 Å². The maximum atomic E-state index is 12.5. The van der Waals surface area contributed by atoms with Gasteiger partial charge in [0.15, 0.2) is 5.03 Å². The van der Waals surface area contributed by atoms with Gasteiger partial charge in [0, 0.05) is 38.9 Å². The molecule has 0 bridgehead atoms. The molecule has 0 radical (unpaired) electrons. The smallest absolute Gasteiger partial charge is 0.266 e. The molecule has 130 valence electrons. The largest absolute Gasteiger partial charge is 0.339 e. The van der Waals surface area contributed by atoms with Crippen molar-refractivity contribution in [2.75, 3.05) is 13.1 Å². The molecule has 2 aromatic heterocycles. The van der Waals surface area contributed by atoms with Gasteiger partial charge in [-0.25, -0.2) is 18.1 Å². The van der Waals surface area contributed by atoms with Crippen LogP contribution in [0.5, 0.6) is 0 Å². The molecular weight excluding hydrogens is 330 g/mol. The molecule has 0 spiro atoms. The Morgan fingerprint density at radius 1 is 1.25 bits per heavy atom. The van der Waals surface area contributed by atoms with E-state index in [1.807, 2.05) is 6.92 Å². The highest BCUT2D eigenvalue weighted by Crippen LogP contribution is 2.23. The molecule has 1 saturated heterocycles. The van der Waals surface area contributed by atoms with Gasteiger partial charge < -0.3 is 4.57 Å². The van der Waals surface area contributed by atoms with Crippen LogP contribution >= 0.6 is 0 Å². The third kappa shape index (κ3) is 3.41. The Morgan fingerprint density at radius 3 is 2.58 bits per heavy atom. The Kier molecular flexibility index (Phi) is 4.55. The Labute approximate surface area is 140 Å². The maximum absolute atomic E-state index is 12.5. The molecule has 8 nitrogen and oxygen atoms in total. The summed E-state index contributed by atoms with van der Waals surface area (Å²) in [6.07, 6.45) is 4.40. The first-order chi connectivity index (χ1) is 11.4. The van der Waals surface area contributed by atoms with Crippen LogP contribution in [0.4, 0.5) is 0 Å². The van der Waals surface area contributed by atoms with E-state index < -0.39 is 10.0 Å². The average Bonchev–Trinajstić information content (AvgIpc) is 2.99. The summed E-state index contributed by atoms with van der Waals surface area (Å²) in [5, 5.41) is 4.33. The monoisotopic (exact) mass is 351 g/mol. The lowest BCUT2D eigenvalue weighted by atomic mass is 9.98. The number of hydrogen-bond acceptors (Lipinski definition) is 5. The number of hydrogen-bond donors (Lipinski definition) is 0. The summed E-state index contributed by atoms with van der Waals surface area (Å²) in [6.45, 7) is 3.24. The molecule has 0 amide bonds. The number of sulfonamides is 1. The van der Waals surface area contributed by atoms with Crippen LogP contribution in [-0.2, 0) is 23.6 Å². The van der Waals surface area contributed by atoms with Crippen molar-refractivity contribution in [2.24, 2.45) is 13.0 Å². The average molecular weight is 351 g/mol. The van der Waals surface area contributed by atoms with E-state index in [9.17, 15) is 13.2 Å². The van der Waals surface area contributed by atoms with Crippen LogP contribution in [0.15, 0.2) is 34.5 Å². The molecule has 1 aliphatic rings. The lowest BCUT2D eigenvalue weighted by Gasteiger charge is -2.30. The minimum Gasteiger partial charge on any atom is -0.339 e. The lowest BCUT2D eigenvalue weighted by Crippen LogP contribution is -2.40. The van der Waals surface area contributed by atoms with Crippen LogP contribution in [0.2, 0.25) is 0 Å². The van der Waals surface area contributed by atoms with Crippen LogP contribution < -0.4 is 5.56 Å². The molecule has 0 unspecified atom stereocenters. The van der Waals surface area contributed by atoms with E-state index in [1.165, 1.54) is 27.6 Å². The SMILES string of the molecule is Cc1ccc(=O)n(CC2CCN(S(=O)(=O)c3cn(C)cn3)CC2)n1. The zero-order chi connectivity index (χ0) is 17.3. The molecule has 0 N–H and O–H groups in total. The number of imidazole rings is 1. The summed E-state index contributed by atoms with van der Waals surface area (Å²) < 4.78 is 29.7. The zero-order valence-corrected chi connectivity index (χ0v) is 14.6. The molecule has 0 aliphatic carbocycles. The molecule has 1 fully saturated rings. The molecule has 0 aromatic carbocycles. The molecule has 3 heterocycles. The van der Waals surface area contributed by atoms with E-state index in [1.54, 1.807) is 17.7 Å². The molecule has 0 atom stereocenters. The first kappa shape index (κ1) is 16.8. The molecule has 3 rings (SSSR count). The van der Waals surface area contributed by atoms with Gasteiger partial charge in [0.25, 0.3) is 15.6 Å². The fourth-order valence-corrected chi connectivity index (χ4v) is 4.35. The topological polar surface area (TPSA) is 90.1 Å². The molecule has 1 aliphatic heterocycles. The Balaban J connectivity index is 1.65. The normalized spacial score (nSPS) is 17.2. The Hall–Kier alpha value is -2.00. The van der Waals surface area contributed by atoms with Gasteiger partial charge in [-0.15, -0.1) is 0 Å². The minimum atomic E-state index is -3.54. The van der Waals surface area contributed by atoms with Crippen molar-refractivity contribution in [3.63, 3.8) is 0 Å². The van der Waals surface area contributed by atoms with Gasteiger partial charge >= 0.3 is 0 Å². The number of aryl methyl sites for hydroxylation is 2. The van der Waals surface area contributed by atoms with Crippen LogP contribution in [0.1, 0.15) is 18.5 Å². The van der Waals surface area contributed by atoms with Gasteiger partial charge in [0.05, 0.1) is 12.0 Å². The summed E-state index contributed by atoms with van der Waals surface area (Å²) in [5.41, 5.74) is 0.675. The summed E-state index contributed by atoms with van der Waals surface area (Å²) in [6, 6.07) is 3.21. The van der Waals surface area contributed by atoms with Crippen molar-refractivity contribution in [3.05, 3.63) is 40.7 Å². The van der Waals surface area contributed by atoms with Crippen LogP contribution in [-0.4, -0.2) is 45.1 Å². The van der Waals surface area contributed by atoms with Crippen molar-refractivity contribution < 1.29 is 8.42 Å². The fraction of sp³-hybridized carbons (Fsp3) is 0.533. The highest BCUT2D eigenvalue weighted by molar-refractivity contribution is 7.89. The van der Waals surface area contributed by atoms with Gasteiger partial charge in [-0.1, -0.05) is 0 Å². The standard InChI is InChI=1S/C15H21N5O3S/c1-12-3-4-15(21)20(17-12)9-13-5-7-19(8-6-13)24(22,23)14-10-18(2)11-16-14/h3-4,10-11,13H,5-9H2,1-2H3. The fourth-order valence-electron chi connectivity index (χ4n) is 2.91. The second-order valence-electron chi connectivity index (χ2n) is 6.22. The molecule has 0 saturated carbocycles. The Bertz CT molecular complexity index is 879. The number of aromatic nitrogens is 4. The lowest BCUT2D eigenvalue weighted by molar-refractivity contribution is 0.244. The highest BCUT2D eigenvalue weighted by Gasteiger charge is 2.31. The molecular formula is C15H21N5O3S. The van der Waals surface area contributed by atoms with Crippen molar-refractivity contribution in [2.45, 2.75) is 31.3 Å². The second-order valence-corrected chi connectivity index (χ2v) is 8.10. The molecule has 2 aromatic rings. The van der Waals surface area contributed by atoms with E-state index in [2.05, 4.69) is 10.1 Å². The van der Waals surface area contributed by atoms with Crippen LogP contribution in [0.25, 0.3) is 0 Å². The maximum Gasteiger partial charge on any atom is 0.266 e. The minimum absolute atomic E-state index is 0.0834. The predicted molar refractivity (Wildman–Crippen MR) is 87.9 cm³/mol. The predicted octanol–water partition coefficient (Wildman–Crippen LogP) is 0.386. The van der Waals surface area contributed by atoms with Crippen molar-refractivity contribution >= 4 is 10.0 Å². The van der Waals surface area contributed by atoms with E-state index in [-0.39, 0.29) is 16.5 Å². The van der Waals surface area contributed by atoms with Crippen molar-refractivity contribution in [1.82, 2.24) is 23.6 Å². The van der Waals surface area contributed by atoms with E-state index in [4.69, 9.17) is 0 Å². The third-order valence-corrected chi connectivity index (χ3v) is 6.07. The van der Waals surface area contributed by atoms with Gasteiger partial charge in [0.1, 0.15) is 0 Å². The summed E-state index contributed by atoms with van der Waals surface area (Å²) >= 11 is 0. The van der Waals surface area contributed by atoms with E-state index >= 15 is 0 Å². The number of rotatable bonds is 4. The van der Waals surface area contributed by atoms with Crippen LogP contribution in [0, 0.1) is 12.8 Å². The van der Waals surface area contributed by atoms with Crippen molar-refractivity contribution in [1.29, 1.82) is 0 Å². The number of piperidine rings is 1. The van der Waals surface area contributed by atoms with Gasteiger partial charge in [-0.05, 0) is 31.7 Å². The highest BCUT2D eigenvalue weighted by atomic mass is 32.2. The van der Waals surface area contributed by atoms with Crippen molar-refractivity contribution in [3.8, 4) is 0 Å². The van der Waals surface area contributed by atoms with Gasteiger partial charge in [0.2, 0.25) is 0 Å². The Morgan fingerprint density at radius 2 is 1.96 bits per heavy atom. The zero-order valence-electron chi connectivity index (χ0n) is 13.8. The number of nitrogens with zero attached hydrogens (tertiary/aromatic N) is 5. The second kappa shape index (κ2) is 6.48. The first-order valence-corrected chi connectivity index (χ1v) is 9.33. The van der Waals surface area contributed by atoms with Crippen LogP contribution in [0.3, 0.4) is 0 Å². The summed E-state index contributed by atoms with van der Waals surface area (Å²) in [5.74, 6) is 0.243. The summed E-state index contributed by atoms with van der Waals surface area (Å²) in [7, 11) is -1.79. The van der Waals surface area contributed by atoms with Gasteiger partial charge in [-0.2, -0.15) is 9.40 Å². The first-order valence-electron chi connectivity index (χ1n) is 7.89. The van der Waals surface area contributed by atoms with Gasteiger partial charge in [-0.3, -0.25) is 4.79 Å². The quantitative estimate of drug-likeness (QED) is 0.795. The summed E-state index contributed by atoms with van der Waals surface area (Å²) in [4.78, 5) is 15.8. The molecule has 24 heavy (non-hydrogen) atoms.